The molecule has 2 aromatic carbocycles. The summed E-state index contributed by atoms with van der Waals surface area (Å²) >= 11 is 0. The molecule has 0 amide bonds. The van der Waals surface area contributed by atoms with Gasteiger partial charge in [0.1, 0.15) is 0 Å². The number of benzene rings is 2. The van der Waals surface area contributed by atoms with Crippen molar-refractivity contribution in [2.24, 2.45) is 0 Å². The van der Waals surface area contributed by atoms with Crippen molar-refractivity contribution in [3.8, 4) is 0 Å². The fourth-order valence-corrected chi connectivity index (χ4v) is 2.96. The monoisotopic (exact) mass is 290 g/mol. The van der Waals surface area contributed by atoms with Crippen LogP contribution in [0.2, 0.25) is 0 Å². The summed E-state index contributed by atoms with van der Waals surface area (Å²) in [6, 6.07) is 17.0. The Morgan fingerprint density at radius 2 is 2.00 bits per heavy atom. The van der Waals surface area contributed by atoms with E-state index in [1.165, 1.54) is 22.2 Å². The minimum atomic E-state index is 0.718. The molecular formula is C19H18N2O. The summed E-state index contributed by atoms with van der Waals surface area (Å²) in [7, 11) is 0. The Balaban J connectivity index is 1.67. The number of hydrogen-bond acceptors (Lipinski definition) is 2. The molecule has 1 aliphatic heterocycles. The van der Waals surface area contributed by atoms with Crippen LogP contribution in [0.5, 0.6) is 0 Å². The zero-order valence-electron chi connectivity index (χ0n) is 12.4. The highest BCUT2D eigenvalue weighted by Gasteiger charge is 2.09. The molecule has 22 heavy (non-hydrogen) atoms. The quantitative estimate of drug-likeness (QED) is 0.731. The molecule has 1 aliphatic rings. The SMILES string of the molecule is C1=C(c2ccc3c(c2)ncn3Cc2ccccc2)CCOC1. The molecule has 0 spiro atoms. The molecule has 2 heterocycles. The van der Waals surface area contributed by atoms with E-state index in [4.69, 9.17) is 4.74 Å². The molecule has 1 aromatic heterocycles. The first-order valence-electron chi connectivity index (χ1n) is 7.66. The standard InChI is InChI=1S/C19H18N2O/c1-2-4-15(5-3-1)13-21-14-20-18-12-17(6-7-19(18)21)16-8-10-22-11-9-16/h1-8,12,14H,9-11,13H2. The molecule has 0 radical (unpaired) electrons. The number of ether oxygens (including phenoxy) is 1. The van der Waals surface area contributed by atoms with Gasteiger partial charge in [-0.2, -0.15) is 0 Å². The van der Waals surface area contributed by atoms with E-state index in [0.717, 1.165) is 31.7 Å². The van der Waals surface area contributed by atoms with Crippen molar-refractivity contribution < 1.29 is 4.74 Å². The third-order valence-corrected chi connectivity index (χ3v) is 4.15. The molecule has 0 unspecified atom stereocenters. The molecule has 0 saturated carbocycles. The molecule has 0 aliphatic carbocycles. The van der Waals surface area contributed by atoms with Gasteiger partial charge in [-0.1, -0.05) is 42.5 Å². The Kier molecular flexibility index (Phi) is 3.49. The van der Waals surface area contributed by atoms with Crippen LogP contribution in [0.3, 0.4) is 0 Å². The van der Waals surface area contributed by atoms with Crippen molar-refractivity contribution in [1.82, 2.24) is 9.55 Å². The molecule has 0 fully saturated rings. The van der Waals surface area contributed by atoms with E-state index in [2.05, 4.69) is 58.1 Å². The number of rotatable bonds is 3. The predicted octanol–water partition coefficient (Wildman–Crippen LogP) is 3.89. The van der Waals surface area contributed by atoms with Gasteiger partial charge in [0, 0.05) is 6.54 Å². The maximum Gasteiger partial charge on any atom is 0.0961 e. The summed E-state index contributed by atoms with van der Waals surface area (Å²) in [6.07, 6.45) is 5.08. The van der Waals surface area contributed by atoms with E-state index in [0.29, 0.717) is 0 Å². The average molecular weight is 290 g/mol. The van der Waals surface area contributed by atoms with Crippen molar-refractivity contribution in [2.45, 2.75) is 13.0 Å². The summed E-state index contributed by atoms with van der Waals surface area (Å²) in [5.41, 5.74) is 6.16. The molecule has 3 heteroatoms. The zero-order valence-corrected chi connectivity index (χ0v) is 12.4. The van der Waals surface area contributed by atoms with Gasteiger partial charge in [-0.15, -0.1) is 0 Å². The first-order chi connectivity index (χ1) is 10.9. The molecule has 0 saturated heterocycles. The van der Waals surface area contributed by atoms with Gasteiger partial charge in [0.15, 0.2) is 0 Å². The molecular weight excluding hydrogens is 272 g/mol. The lowest BCUT2D eigenvalue weighted by atomic mass is 10.0. The van der Waals surface area contributed by atoms with Gasteiger partial charge in [-0.3, -0.25) is 0 Å². The Morgan fingerprint density at radius 3 is 2.82 bits per heavy atom. The van der Waals surface area contributed by atoms with Gasteiger partial charge >= 0.3 is 0 Å². The molecule has 110 valence electrons. The average Bonchev–Trinajstić information content (AvgIpc) is 2.99. The second-order valence-electron chi connectivity index (χ2n) is 5.62. The molecule has 0 atom stereocenters. The van der Waals surface area contributed by atoms with E-state index in [1.54, 1.807) is 0 Å². The van der Waals surface area contributed by atoms with Crippen LogP contribution in [0, 0.1) is 0 Å². The molecule has 0 bridgehead atoms. The van der Waals surface area contributed by atoms with Crippen molar-refractivity contribution in [2.75, 3.05) is 13.2 Å². The number of aromatic nitrogens is 2. The fraction of sp³-hybridized carbons (Fsp3) is 0.211. The van der Waals surface area contributed by atoms with Gasteiger partial charge < -0.3 is 9.30 Å². The van der Waals surface area contributed by atoms with Crippen LogP contribution in [0.25, 0.3) is 16.6 Å². The Bertz CT molecular complexity index is 818. The largest absolute Gasteiger partial charge is 0.377 e. The van der Waals surface area contributed by atoms with Crippen LogP contribution in [-0.4, -0.2) is 22.8 Å². The van der Waals surface area contributed by atoms with Gasteiger partial charge in [0.05, 0.1) is 30.6 Å². The van der Waals surface area contributed by atoms with Crippen LogP contribution in [0.15, 0.2) is 60.9 Å². The van der Waals surface area contributed by atoms with Gasteiger partial charge in [-0.05, 0) is 35.3 Å². The molecule has 3 nitrogen and oxygen atoms in total. The summed E-state index contributed by atoms with van der Waals surface area (Å²) in [5.74, 6) is 0. The number of nitrogens with zero attached hydrogens (tertiary/aromatic N) is 2. The highest BCUT2D eigenvalue weighted by atomic mass is 16.5. The second-order valence-corrected chi connectivity index (χ2v) is 5.62. The Hall–Kier alpha value is -2.39. The second kappa shape index (κ2) is 5.78. The minimum Gasteiger partial charge on any atom is -0.377 e. The highest BCUT2D eigenvalue weighted by Crippen LogP contribution is 2.25. The molecule has 0 N–H and O–H groups in total. The maximum absolute atomic E-state index is 5.38. The predicted molar refractivity (Wildman–Crippen MR) is 88.7 cm³/mol. The lowest BCUT2D eigenvalue weighted by Crippen LogP contribution is -2.03. The van der Waals surface area contributed by atoms with E-state index in [-0.39, 0.29) is 0 Å². The van der Waals surface area contributed by atoms with E-state index < -0.39 is 0 Å². The van der Waals surface area contributed by atoms with E-state index in [9.17, 15) is 0 Å². The fourth-order valence-electron chi connectivity index (χ4n) is 2.96. The maximum atomic E-state index is 5.38. The third kappa shape index (κ3) is 2.55. The Morgan fingerprint density at radius 1 is 1.09 bits per heavy atom. The summed E-state index contributed by atoms with van der Waals surface area (Å²) in [4.78, 5) is 4.57. The van der Waals surface area contributed by atoms with Crippen LogP contribution in [-0.2, 0) is 11.3 Å². The molecule has 3 aromatic rings. The Labute approximate surface area is 129 Å². The summed E-state index contributed by atoms with van der Waals surface area (Å²) < 4.78 is 7.58. The highest BCUT2D eigenvalue weighted by molar-refractivity contribution is 5.81. The smallest absolute Gasteiger partial charge is 0.0961 e. The van der Waals surface area contributed by atoms with Crippen molar-refractivity contribution in [3.63, 3.8) is 0 Å². The van der Waals surface area contributed by atoms with Crippen LogP contribution in [0.4, 0.5) is 0 Å². The first kappa shape index (κ1) is 13.3. The van der Waals surface area contributed by atoms with Crippen molar-refractivity contribution in [3.05, 3.63) is 72.1 Å². The lowest BCUT2D eigenvalue weighted by Gasteiger charge is -2.13. The van der Waals surface area contributed by atoms with Gasteiger partial charge in [0.25, 0.3) is 0 Å². The number of fused-ring (bicyclic) bond motifs is 1. The van der Waals surface area contributed by atoms with Gasteiger partial charge in [0.2, 0.25) is 0 Å². The first-order valence-corrected chi connectivity index (χ1v) is 7.66. The molecule has 4 rings (SSSR count). The normalized spacial score (nSPS) is 15.0. The van der Waals surface area contributed by atoms with E-state index in [1.807, 2.05) is 12.4 Å². The zero-order chi connectivity index (χ0) is 14.8. The lowest BCUT2D eigenvalue weighted by molar-refractivity contribution is 0.161. The number of hydrogen-bond donors (Lipinski definition) is 0. The summed E-state index contributed by atoms with van der Waals surface area (Å²) in [6.45, 7) is 2.38. The van der Waals surface area contributed by atoms with Crippen LogP contribution >= 0.6 is 0 Å². The van der Waals surface area contributed by atoms with Crippen LogP contribution in [0.1, 0.15) is 17.5 Å². The van der Waals surface area contributed by atoms with Gasteiger partial charge in [-0.25, -0.2) is 4.98 Å². The van der Waals surface area contributed by atoms with Crippen molar-refractivity contribution in [1.29, 1.82) is 0 Å². The van der Waals surface area contributed by atoms with E-state index >= 15 is 0 Å². The topological polar surface area (TPSA) is 27.1 Å². The van der Waals surface area contributed by atoms with Crippen LogP contribution < -0.4 is 0 Å². The third-order valence-electron chi connectivity index (χ3n) is 4.15. The summed E-state index contributed by atoms with van der Waals surface area (Å²) in [5, 5.41) is 0. The minimum absolute atomic E-state index is 0.718. The van der Waals surface area contributed by atoms with Crippen molar-refractivity contribution >= 4 is 16.6 Å². The number of imidazole rings is 1.